The van der Waals surface area contributed by atoms with Crippen LogP contribution in [0.15, 0.2) is 48.5 Å². The van der Waals surface area contributed by atoms with Gasteiger partial charge in [0, 0.05) is 24.7 Å². The van der Waals surface area contributed by atoms with Gasteiger partial charge in [-0.15, -0.1) is 0 Å². The predicted molar refractivity (Wildman–Crippen MR) is 109 cm³/mol. The lowest BCUT2D eigenvalue weighted by Crippen LogP contribution is -2.43. The monoisotopic (exact) mass is 377 g/mol. The maximum atomic E-state index is 12.6. The number of aromatic amines is 1. The second-order valence-electron chi connectivity index (χ2n) is 7.15. The standard InChI is InChI=1S/C21H23N5O2/c1-14-5-4-6-16(13-14)22-21(28)26-11-9-15(10-12-26)19(27)25-20-23-17-7-2-3-8-18(17)24-20/h2-8,13,15H,9-12H2,1H3,(H,22,28)(H2,23,24,25,27). The second kappa shape index (κ2) is 7.72. The fourth-order valence-electron chi connectivity index (χ4n) is 3.50. The molecule has 1 aliphatic heterocycles. The van der Waals surface area contributed by atoms with Gasteiger partial charge in [0.1, 0.15) is 0 Å². The number of benzene rings is 2. The van der Waals surface area contributed by atoms with Crippen molar-refractivity contribution < 1.29 is 9.59 Å². The highest BCUT2D eigenvalue weighted by Gasteiger charge is 2.28. The van der Waals surface area contributed by atoms with Crippen LogP contribution in [0.5, 0.6) is 0 Å². The smallest absolute Gasteiger partial charge is 0.321 e. The zero-order valence-corrected chi connectivity index (χ0v) is 15.7. The molecule has 1 saturated heterocycles. The number of likely N-dealkylation sites (tertiary alicyclic amines) is 1. The van der Waals surface area contributed by atoms with Crippen molar-refractivity contribution >= 4 is 34.6 Å². The fourth-order valence-corrected chi connectivity index (χ4v) is 3.50. The summed E-state index contributed by atoms with van der Waals surface area (Å²) in [5.41, 5.74) is 3.59. The van der Waals surface area contributed by atoms with Crippen molar-refractivity contribution in [2.24, 2.45) is 5.92 Å². The molecule has 4 rings (SSSR count). The van der Waals surface area contributed by atoms with E-state index in [4.69, 9.17) is 0 Å². The van der Waals surface area contributed by atoms with Crippen LogP contribution in [-0.4, -0.2) is 39.9 Å². The van der Waals surface area contributed by atoms with Gasteiger partial charge in [0.15, 0.2) is 0 Å². The summed E-state index contributed by atoms with van der Waals surface area (Å²) >= 11 is 0. The number of aryl methyl sites for hydroxylation is 1. The molecule has 0 spiro atoms. The maximum absolute atomic E-state index is 12.6. The summed E-state index contributed by atoms with van der Waals surface area (Å²) in [4.78, 5) is 34.3. The van der Waals surface area contributed by atoms with Crippen LogP contribution < -0.4 is 10.6 Å². The number of nitrogens with zero attached hydrogens (tertiary/aromatic N) is 2. The number of nitrogens with one attached hydrogen (secondary N) is 3. The minimum absolute atomic E-state index is 0.0576. The van der Waals surface area contributed by atoms with E-state index in [0.717, 1.165) is 22.3 Å². The molecular formula is C21H23N5O2. The van der Waals surface area contributed by atoms with E-state index in [-0.39, 0.29) is 17.9 Å². The summed E-state index contributed by atoms with van der Waals surface area (Å²) in [6, 6.07) is 15.2. The Morgan fingerprint density at radius 1 is 1.07 bits per heavy atom. The molecule has 0 atom stereocenters. The number of aromatic nitrogens is 2. The van der Waals surface area contributed by atoms with E-state index < -0.39 is 0 Å². The fraction of sp³-hybridized carbons (Fsp3) is 0.286. The van der Waals surface area contributed by atoms with Gasteiger partial charge >= 0.3 is 6.03 Å². The molecule has 7 heteroatoms. The first-order valence-corrected chi connectivity index (χ1v) is 9.47. The minimum atomic E-state index is -0.128. The number of hydrogen-bond donors (Lipinski definition) is 3. The van der Waals surface area contributed by atoms with Crippen LogP contribution in [0, 0.1) is 12.8 Å². The molecule has 1 aliphatic rings. The summed E-state index contributed by atoms with van der Waals surface area (Å²) in [6.45, 7) is 3.09. The number of anilines is 2. The van der Waals surface area contributed by atoms with Crippen LogP contribution in [0.25, 0.3) is 11.0 Å². The Hall–Kier alpha value is -3.35. The Morgan fingerprint density at radius 2 is 1.86 bits per heavy atom. The van der Waals surface area contributed by atoms with Crippen molar-refractivity contribution in [3.63, 3.8) is 0 Å². The third-order valence-corrected chi connectivity index (χ3v) is 5.05. The molecule has 3 N–H and O–H groups in total. The van der Waals surface area contributed by atoms with Crippen LogP contribution in [0.2, 0.25) is 0 Å². The highest BCUT2D eigenvalue weighted by atomic mass is 16.2. The molecule has 0 radical (unpaired) electrons. The molecule has 2 heterocycles. The van der Waals surface area contributed by atoms with Crippen molar-refractivity contribution in [3.8, 4) is 0 Å². The van der Waals surface area contributed by atoms with Crippen molar-refractivity contribution in [3.05, 3.63) is 54.1 Å². The third kappa shape index (κ3) is 3.98. The molecule has 1 aromatic heterocycles. The number of piperidine rings is 1. The first-order chi connectivity index (χ1) is 13.6. The van der Waals surface area contributed by atoms with Gasteiger partial charge in [-0.2, -0.15) is 0 Å². The lowest BCUT2D eigenvalue weighted by atomic mass is 9.96. The van der Waals surface area contributed by atoms with Crippen LogP contribution in [-0.2, 0) is 4.79 Å². The molecule has 144 valence electrons. The van der Waals surface area contributed by atoms with Crippen molar-refractivity contribution in [1.29, 1.82) is 0 Å². The van der Waals surface area contributed by atoms with E-state index in [0.29, 0.717) is 31.9 Å². The van der Waals surface area contributed by atoms with E-state index in [1.54, 1.807) is 4.90 Å². The summed E-state index contributed by atoms with van der Waals surface area (Å²) in [7, 11) is 0. The van der Waals surface area contributed by atoms with Crippen LogP contribution in [0.1, 0.15) is 18.4 Å². The molecule has 0 bridgehead atoms. The normalized spacial score (nSPS) is 14.8. The Labute approximate surface area is 163 Å². The number of hydrogen-bond acceptors (Lipinski definition) is 3. The van der Waals surface area contributed by atoms with Crippen molar-refractivity contribution in [1.82, 2.24) is 14.9 Å². The first kappa shape index (κ1) is 18.0. The summed E-state index contributed by atoms with van der Waals surface area (Å²) in [6.07, 6.45) is 1.26. The molecule has 0 aliphatic carbocycles. The van der Waals surface area contributed by atoms with E-state index in [2.05, 4.69) is 20.6 Å². The van der Waals surface area contributed by atoms with Gasteiger partial charge in [0.2, 0.25) is 11.9 Å². The Kier molecular flexibility index (Phi) is 4.97. The average molecular weight is 377 g/mol. The molecule has 7 nitrogen and oxygen atoms in total. The van der Waals surface area contributed by atoms with Crippen molar-refractivity contribution in [2.75, 3.05) is 23.7 Å². The van der Waals surface area contributed by atoms with Crippen LogP contribution in [0.4, 0.5) is 16.4 Å². The van der Waals surface area contributed by atoms with Gasteiger partial charge in [-0.25, -0.2) is 9.78 Å². The topological polar surface area (TPSA) is 90.1 Å². The SMILES string of the molecule is Cc1cccc(NC(=O)N2CCC(C(=O)Nc3nc4ccccc4[nH]3)CC2)c1. The summed E-state index contributed by atoms with van der Waals surface area (Å²) < 4.78 is 0. The first-order valence-electron chi connectivity index (χ1n) is 9.47. The van der Waals surface area contributed by atoms with Gasteiger partial charge in [-0.3, -0.25) is 10.1 Å². The molecular weight excluding hydrogens is 354 g/mol. The number of H-pyrrole nitrogens is 1. The average Bonchev–Trinajstić information content (AvgIpc) is 3.10. The third-order valence-electron chi connectivity index (χ3n) is 5.05. The number of amides is 3. The number of imidazole rings is 1. The molecule has 28 heavy (non-hydrogen) atoms. The highest BCUT2D eigenvalue weighted by molar-refractivity contribution is 5.93. The van der Waals surface area contributed by atoms with E-state index in [1.807, 2.05) is 55.5 Å². The van der Waals surface area contributed by atoms with Crippen LogP contribution >= 0.6 is 0 Å². The molecule has 3 aromatic rings. The maximum Gasteiger partial charge on any atom is 0.321 e. The van der Waals surface area contributed by atoms with E-state index in [9.17, 15) is 9.59 Å². The number of carbonyl (C=O) groups excluding carboxylic acids is 2. The van der Waals surface area contributed by atoms with Gasteiger partial charge in [-0.1, -0.05) is 24.3 Å². The number of urea groups is 1. The lowest BCUT2D eigenvalue weighted by molar-refractivity contribution is -0.121. The Morgan fingerprint density at radius 3 is 2.61 bits per heavy atom. The number of fused-ring (bicyclic) bond motifs is 1. The largest absolute Gasteiger partial charge is 0.324 e. The zero-order chi connectivity index (χ0) is 19.5. The Bertz CT molecular complexity index is 972. The molecule has 0 unspecified atom stereocenters. The lowest BCUT2D eigenvalue weighted by Gasteiger charge is -2.31. The van der Waals surface area contributed by atoms with Crippen LogP contribution in [0.3, 0.4) is 0 Å². The number of rotatable bonds is 3. The highest BCUT2D eigenvalue weighted by Crippen LogP contribution is 2.21. The van der Waals surface area contributed by atoms with E-state index in [1.165, 1.54) is 0 Å². The summed E-state index contributed by atoms with van der Waals surface area (Å²) in [5.74, 6) is 0.278. The molecule has 1 fully saturated rings. The number of para-hydroxylation sites is 2. The second-order valence-corrected chi connectivity index (χ2v) is 7.15. The zero-order valence-electron chi connectivity index (χ0n) is 15.7. The van der Waals surface area contributed by atoms with E-state index >= 15 is 0 Å². The van der Waals surface area contributed by atoms with Gasteiger partial charge in [0.25, 0.3) is 0 Å². The Balaban J connectivity index is 1.30. The van der Waals surface area contributed by atoms with Gasteiger partial charge in [0.05, 0.1) is 11.0 Å². The quantitative estimate of drug-likeness (QED) is 0.649. The summed E-state index contributed by atoms with van der Waals surface area (Å²) in [5, 5.41) is 5.79. The molecule has 2 aromatic carbocycles. The van der Waals surface area contributed by atoms with Gasteiger partial charge < -0.3 is 15.2 Å². The minimum Gasteiger partial charge on any atom is -0.324 e. The number of carbonyl (C=O) groups is 2. The predicted octanol–water partition coefficient (Wildman–Crippen LogP) is 3.75. The van der Waals surface area contributed by atoms with Crippen molar-refractivity contribution in [2.45, 2.75) is 19.8 Å². The molecule has 0 saturated carbocycles. The molecule has 3 amide bonds. The van der Waals surface area contributed by atoms with Gasteiger partial charge in [-0.05, 0) is 49.6 Å².